The third-order valence-corrected chi connectivity index (χ3v) is 3.01. The molecule has 16 heavy (non-hydrogen) atoms. The molecule has 1 amide bonds. The second-order valence-electron chi connectivity index (χ2n) is 3.79. The maximum atomic E-state index is 12.1. The monoisotopic (exact) mass is 287 g/mol. The lowest BCUT2D eigenvalue weighted by molar-refractivity contribution is 0.0794. The van der Waals surface area contributed by atoms with Crippen LogP contribution in [0.3, 0.4) is 0 Å². The molecule has 0 unspecified atom stereocenters. The van der Waals surface area contributed by atoms with Crippen LogP contribution in [0.5, 0.6) is 0 Å². The maximum absolute atomic E-state index is 12.1. The van der Waals surface area contributed by atoms with Crippen molar-refractivity contribution in [1.29, 1.82) is 0 Å². The lowest BCUT2D eigenvalue weighted by atomic mass is 10.2. The quantitative estimate of drug-likeness (QED) is 0.775. The number of carbonyl (C=O) groups excluding carboxylic acids is 1. The van der Waals surface area contributed by atoms with E-state index >= 15 is 0 Å². The van der Waals surface area contributed by atoms with Gasteiger partial charge in [-0.25, -0.2) is 0 Å². The van der Waals surface area contributed by atoms with Gasteiger partial charge in [0.15, 0.2) is 0 Å². The SMILES string of the molecule is CCc1nn(C)cc1C(=O)N(C)CCCBr. The summed E-state index contributed by atoms with van der Waals surface area (Å²) in [7, 11) is 3.67. The number of rotatable bonds is 5. The summed E-state index contributed by atoms with van der Waals surface area (Å²) in [6.45, 7) is 2.78. The lowest BCUT2D eigenvalue weighted by Gasteiger charge is -2.15. The molecule has 0 saturated heterocycles. The van der Waals surface area contributed by atoms with Crippen molar-refractivity contribution in [3.8, 4) is 0 Å². The standard InChI is InChI=1S/C11H18BrN3O/c1-4-10-9(8-15(3)13-10)11(16)14(2)7-5-6-12/h8H,4-7H2,1-3H3. The Morgan fingerprint density at radius 3 is 2.88 bits per heavy atom. The molecule has 1 aromatic rings. The topological polar surface area (TPSA) is 38.1 Å². The summed E-state index contributed by atoms with van der Waals surface area (Å²) >= 11 is 3.36. The molecule has 0 N–H and O–H groups in total. The van der Waals surface area contributed by atoms with E-state index in [0.29, 0.717) is 0 Å². The number of amides is 1. The van der Waals surface area contributed by atoms with Crippen LogP contribution in [-0.2, 0) is 13.5 Å². The molecule has 0 aromatic carbocycles. The third-order valence-electron chi connectivity index (χ3n) is 2.44. The summed E-state index contributed by atoms with van der Waals surface area (Å²) in [5.74, 6) is 0.0610. The molecule has 0 saturated carbocycles. The summed E-state index contributed by atoms with van der Waals surface area (Å²) < 4.78 is 1.70. The predicted molar refractivity (Wildman–Crippen MR) is 68.0 cm³/mol. The minimum absolute atomic E-state index is 0.0610. The van der Waals surface area contributed by atoms with E-state index in [-0.39, 0.29) is 5.91 Å². The van der Waals surface area contributed by atoms with Crippen LogP contribution in [0.25, 0.3) is 0 Å². The van der Waals surface area contributed by atoms with Crippen molar-refractivity contribution in [2.24, 2.45) is 7.05 Å². The maximum Gasteiger partial charge on any atom is 0.257 e. The number of aryl methyl sites for hydroxylation is 2. The number of alkyl halides is 1. The van der Waals surface area contributed by atoms with Crippen LogP contribution in [0.2, 0.25) is 0 Å². The summed E-state index contributed by atoms with van der Waals surface area (Å²) in [5, 5.41) is 5.19. The fourth-order valence-corrected chi connectivity index (χ4v) is 1.83. The van der Waals surface area contributed by atoms with E-state index in [4.69, 9.17) is 0 Å². The molecule has 0 atom stereocenters. The second kappa shape index (κ2) is 6.03. The van der Waals surface area contributed by atoms with Gasteiger partial charge in [0.05, 0.1) is 11.3 Å². The van der Waals surface area contributed by atoms with E-state index in [1.807, 2.05) is 21.0 Å². The minimum Gasteiger partial charge on any atom is -0.342 e. The summed E-state index contributed by atoms with van der Waals surface area (Å²) in [5.41, 5.74) is 1.60. The highest BCUT2D eigenvalue weighted by molar-refractivity contribution is 9.09. The van der Waals surface area contributed by atoms with Crippen LogP contribution in [0.1, 0.15) is 29.4 Å². The molecular formula is C11H18BrN3O. The first-order chi connectivity index (χ1) is 7.60. The molecule has 1 heterocycles. The molecule has 0 aliphatic carbocycles. The van der Waals surface area contributed by atoms with Crippen LogP contribution in [-0.4, -0.2) is 39.5 Å². The molecule has 1 rings (SSSR count). The zero-order valence-corrected chi connectivity index (χ0v) is 11.6. The van der Waals surface area contributed by atoms with Crippen molar-refractivity contribution in [1.82, 2.24) is 14.7 Å². The van der Waals surface area contributed by atoms with Gasteiger partial charge in [0, 0.05) is 32.2 Å². The average Bonchev–Trinajstić information content (AvgIpc) is 2.66. The lowest BCUT2D eigenvalue weighted by Crippen LogP contribution is -2.28. The van der Waals surface area contributed by atoms with Crippen molar-refractivity contribution < 1.29 is 4.79 Å². The largest absolute Gasteiger partial charge is 0.342 e. The Labute approximate surface area is 105 Å². The first kappa shape index (κ1) is 13.2. The predicted octanol–water partition coefficient (Wildman–Crippen LogP) is 1.84. The van der Waals surface area contributed by atoms with E-state index in [9.17, 15) is 4.79 Å². The van der Waals surface area contributed by atoms with E-state index in [0.717, 1.165) is 36.0 Å². The fraction of sp³-hybridized carbons (Fsp3) is 0.636. The molecule has 0 aliphatic rings. The Balaban J connectivity index is 2.78. The van der Waals surface area contributed by atoms with Gasteiger partial charge in [-0.15, -0.1) is 0 Å². The highest BCUT2D eigenvalue weighted by atomic mass is 79.9. The first-order valence-electron chi connectivity index (χ1n) is 5.44. The number of hydrogen-bond acceptors (Lipinski definition) is 2. The average molecular weight is 288 g/mol. The summed E-state index contributed by atoms with van der Waals surface area (Å²) in [4.78, 5) is 13.8. The molecule has 5 heteroatoms. The third kappa shape index (κ3) is 3.07. The van der Waals surface area contributed by atoms with E-state index in [1.165, 1.54) is 0 Å². The zero-order chi connectivity index (χ0) is 12.1. The minimum atomic E-state index is 0.0610. The molecule has 0 radical (unpaired) electrons. The first-order valence-corrected chi connectivity index (χ1v) is 6.56. The van der Waals surface area contributed by atoms with Gasteiger partial charge in [0.1, 0.15) is 0 Å². The van der Waals surface area contributed by atoms with Crippen LogP contribution < -0.4 is 0 Å². The van der Waals surface area contributed by atoms with Crippen molar-refractivity contribution in [2.45, 2.75) is 19.8 Å². The van der Waals surface area contributed by atoms with Crippen molar-refractivity contribution >= 4 is 21.8 Å². The molecule has 0 aliphatic heterocycles. The number of halogens is 1. The Hall–Kier alpha value is -0.840. The highest BCUT2D eigenvalue weighted by Gasteiger charge is 2.17. The Kier molecular flexibility index (Phi) is 4.99. The van der Waals surface area contributed by atoms with Gasteiger partial charge >= 0.3 is 0 Å². The van der Waals surface area contributed by atoms with Crippen molar-refractivity contribution in [3.05, 3.63) is 17.5 Å². The Morgan fingerprint density at radius 1 is 1.62 bits per heavy atom. The second-order valence-corrected chi connectivity index (χ2v) is 4.58. The summed E-state index contributed by atoms with van der Waals surface area (Å²) in [6, 6.07) is 0. The normalized spacial score (nSPS) is 10.5. The summed E-state index contributed by atoms with van der Waals surface area (Å²) in [6.07, 6.45) is 3.55. The van der Waals surface area contributed by atoms with Gasteiger partial charge in [-0.05, 0) is 12.8 Å². The Bertz CT molecular complexity index is 362. The molecule has 90 valence electrons. The van der Waals surface area contributed by atoms with E-state index in [2.05, 4.69) is 21.0 Å². The van der Waals surface area contributed by atoms with Crippen LogP contribution in [0.15, 0.2) is 6.20 Å². The van der Waals surface area contributed by atoms with Gasteiger partial charge in [0.25, 0.3) is 5.91 Å². The van der Waals surface area contributed by atoms with Crippen LogP contribution in [0, 0.1) is 0 Å². The Morgan fingerprint density at radius 2 is 2.31 bits per heavy atom. The van der Waals surface area contributed by atoms with Gasteiger partial charge in [-0.3, -0.25) is 9.48 Å². The number of nitrogens with zero attached hydrogens (tertiary/aromatic N) is 3. The van der Waals surface area contributed by atoms with Gasteiger partial charge < -0.3 is 4.90 Å². The highest BCUT2D eigenvalue weighted by Crippen LogP contribution is 2.10. The van der Waals surface area contributed by atoms with Crippen LogP contribution >= 0.6 is 15.9 Å². The number of aromatic nitrogens is 2. The molecule has 4 nitrogen and oxygen atoms in total. The van der Waals surface area contributed by atoms with Crippen LogP contribution in [0.4, 0.5) is 0 Å². The fourth-order valence-electron chi connectivity index (χ4n) is 1.58. The van der Waals surface area contributed by atoms with Gasteiger partial charge in [-0.2, -0.15) is 5.10 Å². The molecule has 0 fully saturated rings. The smallest absolute Gasteiger partial charge is 0.257 e. The molecular weight excluding hydrogens is 270 g/mol. The van der Waals surface area contributed by atoms with Crippen molar-refractivity contribution in [2.75, 3.05) is 18.9 Å². The van der Waals surface area contributed by atoms with E-state index in [1.54, 1.807) is 15.8 Å². The van der Waals surface area contributed by atoms with Crippen molar-refractivity contribution in [3.63, 3.8) is 0 Å². The van der Waals surface area contributed by atoms with Gasteiger partial charge in [-0.1, -0.05) is 22.9 Å². The number of carbonyl (C=O) groups is 1. The molecule has 0 spiro atoms. The number of hydrogen-bond donors (Lipinski definition) is 0. The van der Waals surface area contributed by atoms with E-state index < -0.39 is 0 Å². The zero-order valence-electron chi connectivity index (χ0n) is 10.0. The molecule has 1 aromatic heterocycles. The molecule has 0 bridgehead atoms. The van der Waals surface area contributed by atoms with Gasteiger partial charge in [0.2, 0.25) is 0 Å².